The molecule has 12 nitrogen and oxygen atoms in total. The first-order valence-corrected chi connectivity index (χ1v) is 5.64. The summed E-state index contributed by atoms with van der Waals surface area (Å²) < 4.78 is 20.3. The molecule has 1 saturated carbocycles. The molecule has 0 aliphatic heterocycles. The molecule has 1 fully saturated rings. The summed E-state index contributed by atoms with van der Waals surface area (Å²) in [6.07, 6.45) is 0. The second-order valence-corrected chi connectivity index (χ2v) is 3.84. The van der Waals surface area contributed by atoms with Crippen molar-refractivity contribution in [3.8, 4) is 0 Å². The SMILES string of the molecule is COC1(OC)C(=N\O)/C(=N\O)C(OC)(OC)C(=N\O)/C1=N\O. The van der Waals surface area contributed by atoms with Crippen molar-refractivity contribution < 1.29 is 39.8 Å². The minimum Gasteiger partial charge on any atom is -0.410 e. The molecule has 0 unspecified atom stereocenters. The Kier molecular flexibility index (Phi) is 5.38. The lowest BCUT2D eigenvalue weighted by atomic mass is 9.81. The van der Waals surface area contributed by atoms with Crippen molar-refractivity contribution in [2.24, 2.45) is 20.6 Å². The van der Waals surface area contributed by atoms with Gasteiger partial charge in [-0.3, -0.25) is 0 Å². The van der Waals surface area contributed by atoms with Crippen LogP contribution in [-0.4, -0.2) is 83.7 Å². The lowest BCUT2D eigenvalue weighted by Crippen LogP contribution is -2.71. The minimum absolute atomic E-state index is 0.552. The van der Waals surface area contributed by atoms with Crippen molar-refractivity contribution in [1.29, 1.82) is 0 Å². The Morgan fingerprint density at radius 1 is 0.545 bits per heavy atom. The van der Waals surface area contributed by atoms with Crippen molar-refractivity contribution >= 4 is 22.8 Å². The predicted molar refractivity (Wildman–Crippen MR) is 70.4 cm³/mol. The van der Waals surface area contributed by atoms with E-state index in [2.05, 4.69) is 20.6 Å². The molecule has 1 rings (SSSR count). The van der Waals surface area contributed by atoms with E-state index in [4.69, 9.17) is 18.9 Å². The van der Waals surface area contributed by atoms with Crippen LogP contribution in [0.5, 0.6) is 0 Å². The van der Waals surface area contributed by atoms with Crippen LogP contribution in [-0.2, 0) is 18.9 Å². The van der Waals surface area contributed by atoms with Crippen LogP contribution in [0.4, 0.5) is 0 Å². The molecular weight excluding hydrogens is 304 g/mol. The fraction of sp³-hybridized carbons (Fsp3) is 0.600. The number of ether oxygens (including phenoxy) is 4. The molecule has 0 aromatic heterocycles. The van der Waals surface area contributed by atoms with Gasteiger partial charge in [0.1, 0.15) is 0 Å². The largest absolute Gasteiger partial charge is 0.410 e. The number of nitrogens with zero attached hydrogens (tertiary/aromatic N) is 4. The summed E-state index contributed by atoms with van der Waals surface area (Å²) in [5, 5.41) is 48.8. The molecule has 4 N–H and O–H groups in total. The summed E-state index contributed by atoms with van der Waals surface area (Å²) in [4.78, 5) is 0. The Hall–Kier alpha value is -2.28. The van der Waals surface area contributed by atoms with E-state index in [0.717, 1.165) is 28.4 Å². The number of hydrogen-bond acceptors (Lipinski definition) is 12. The van der Waals surface area contributed by atoms with E-state index in [0.29, 0.717) is 0 Å². The average Bonchev–Trinajstić information content (AvgIpc) is 2.58. The van der Waals surface area contributed by atoms with Crippen LogP contribution in [0.25, 0.3) is 0 Å². The third-order valence-electron chi connectivity index (χ3n) is 3.25. The van der Waals surface area contributed by atoms with E-state index in [-0.39, 0.29) is 0 Å². The molecule has 0 radical (unpaired) electrons. The summed E-state index contributed by atoms with van der Waals surface area (Å²) in [6.45, 7) is 0. The summed E-state index contributed by atoms with van der Waals surface area (Å²) in [7, 11) is 4.49. The minimum atomic E-state index is -2.15. The van der Waals surface area contributed by atoms with Gasteiger partial charge < -0.3 is 39.8 Å². The maximum absolute atomic E-state index is 9.27. The first-order chi connectivity index (χ1) is 10.5. The Balaban J connectivity index is 3.89. The third kappa shape index (κ3) is 2.00. The fourth-order valence-electron chi connectivity index (χ4n) is 2.24. The quantitative estimate of drug-likeness (QED) is 0.299. The van der Waals surface area contributed by atoms with Gasteiger partial charge in [0.15, 0.2) is 22.8 Å². The van der Waals surface area contributed by atoms with Crippen molar-refractivity contribution in [3.05, 3.63) is 0 Å². The van der Waals surface area contributed by atoms with Gasteiger partial charge in [0.25, 0.3) is 11.6 Å². The van der Waals surface area contributed by atoms with E-state index in [1.807, 2.05) is 0 Å². The Morgan fingerprint density at radius 3 is 0.818 bits per heavy atom. The van der Waals surface area contributed by atoms with Gasteiger partial charge in [-0.2, -0.15) is 0 Å². The van der Waals surface area contributed by atoms with Crippen molar-refractivity contribution in [2.45, 2.75) is 11.6 Å². The first kappa shape index (κ1) is 17.8. The third-order valence-corrected chi connectivity index (χ3v) is 3.25. The van der Waals surface area contributed by atoms with Gasteiger partial charge >= 0.3 is 0 Å². The molecule has 1 aliphatic rings. The number of rotatable bonds is 4. The maximum atomic E-state index is 9.27. The lowest BCUT2D eigenvalue weighted by molar-refractivity contribution is -0.122. The van der Waals surface area contributed by atoms with Crippen molar-refractivity contribution in [2.75, 3.05) is 28.4 Å². The molecule has 12 heteroatoms. The molecule has 22 heavy (non-hydrogen) atoms. The van der Waals surface area contributed by atoms with Gasteiger partial charge in [-0.05, 0) is 0 Å². The highest BCUT2D eigenvalue weighted by Crippen LogP contribution is 2.33. The van der Waals surface area contributed by atoms with E-state index >= 15 is 0 Å². The van der Waals surface area contributed by atoms with Crippen LogP contribution in [0.1, 0.15) is 0 Å². The normalized spacial score (nSPS) is 27.8. The smallest absolute Gasteiger partial charge is 0.268 e. The van der Waals surface area contributed by atoms with E-state index in [1.165, 1.54) is 0 Å². The molecule has 0 bridgehead atoms. The Labute approximate surface area is 124 Å². The first-order valence-electron chi connectivity index (χ1n) is 5.64. The monoisotopic (exact) mass is 320 g/mol. The van der Waals surface area contributed by atoms with Gasteiger partial charge in [-0.1, -0.05) is 20.6 Å². The van der Waals surface area contributed by atoms with Gasteiger partial charge in [0.05, 0.1) is 0 Å². The average molecular weight is 320 g/mol. The molecule has 0 amide bonds. The van der Waals surface area contributed by atoms with Gasteiger partial charge in [-0.15, -0.1) is 0 Å². The van der Waals surface area contributed by atoms with Gasteiger partial charge in [-0.25, -0.2) is 0 Å². The molecule has 0 aromatic rings. The van der Waals surface area contributed by atoms with Crippen molar-refractivity contribution in [3.63, 3.8) is 0 Å². The van der Waals surface area contributed by atoms with Gasteiger partial charge in [0, 0.05) is 28.4 Å². The fourth-order valence-corrected chi connectivity index (χ4v) is 2.24. The van der Waals surface area contributed by atoms with E-state index < -0.39 is 34.4 Å². The zero-order valence-electron chi connectivity index (χ0n) is 12.2. The lowest BCUT2D eigenvalue weighted by Gasteiger charge is -2.42. The summed E-state index contributed by atoms with van der Waals surface area (Å²) in [5.41, 5.74) is -2.21. The highest BCUT2D eigenvalue weighted by molar-refractivity contribution is 6.69. The summed E-state index contributed by atoms with van der Waals surface area (Å²) in [6, 6.07) is 0. The topological polar surface area (TPSA) is 167 Å². The van der Waals surface area contributed by atoms with Crippen LogP contribution in [0, 0.1) is 0 Å². The standard InChI is InChI=1S/C10H16N4O8/c1-19-9(20-2)5(11-15)7(13-17)10(21-3,22-4)8(14-18)6(9)12-16/h15-18H,1-4H3/b11-5-,12-6+,13-7+,14-8-. The zero-order chi connectivity index (χ0) is 17.0. The molecule has 0 atom stereocenters. The molecular formula is C10H16N4O8. The number of hydrogen-bond donors (Lipinski definition) is 4. The molecule has 0 saturated heterocycles. The van der Waals surface area contributed by atoms with Crippen LogP contribution < -0.4 is 0 Å². The van der Waals surface area contributed by atoms with Crippen LogP contribution >= 0.6 is 0 Å². The van der Waals surface area contributed by atoms with Gasteiger partial charge in [0.2, 0.25) is 0 Å². The molecule has 0 spiro atoms. The highest BCUT2D eigenvalue weighted by Gasteiger charge is 2.65. The predicted octanol–water partition coefficient (Wildman–Crippen LogP) is -0.701. The van der Waals surface area contributed by atoms with E-state index in [1.54, 1.807) is 0 Å². The zero-order valence-corrected chi connectivity index (χ0v) is 12.2. The van der Waals surface area contributed by atoms with Crippen LogP contribution in [0.15, 0.2) is 20.6 Å². The maximum Gasteiger partial charge on any atom is 0.268 e. The summed E-state index contributed by atoms with van der Waals surface area (Å²) in [5.74, 6) is -4.29. The molecule has 0 aromatic carbocycles. The Bertz CT molecular complexity index is 445. The molecule has 1 aliphatic carbocycles. The Morgan fingerprint density at radius 2 is 0.727 bits per heavy atom. The second kappa shape index (κ2) is 6.65. The second-order valence-electron chi connectivity index (χ2n) is 3.84. The van der Waals surface area contributed by atoms with Crippen LogP contribution in [0.2, 0.25) is 0 Å². The highest BCUT2D eigenvalue weighted by atomic mass is 16.7. The molecule has 0 heterocycles. The number of methoxy groups -OCH3 is 4. The molecule has 124 valence electrons. The van der Waals surface area contributed by atoms with Crippen molar-refractivity contribution in [1.82, 2.24) is 0 Å². The number of oxime groups is 4. The summed E-state index contributed by atoms with van der Waals surface area (Å²) >= 11 is 0. The van der Waals surface area contributed by atoms with E-state index in [9.17, 15) is 20.8 Å². The van der Waals surface area contributed by atoms with Crippen LogP contribution in [0.3, 0.4) is 0 Å².